The molecule has 0 spiro atoms. The van der Waals surface area contributed by atoms with Crippen LogP contribution in [-0.4, -0.2) is 28.9 Å². The smallest absolute Gasteiger partial charge is 0.248 e. The SMILES string of the molecule is NC(=O)c1ccc(CN2CCC(c3c[nH]c4ccccc34)CC2)cc1. The molecule has 4 rings (SSSR count). The molecule has 1 aliphatic heterocycles. The fraction of sp³-hybridized carbons (Fsp3) is 0.286. The van der Waals surface area contributed by atoms with E-state index in [1.54, 1.807) is 0 Å². The van der Waals surface area contributed by atoms with Crippen LogP contribution in [0.3, 0.4) is 0 Å². The summed E-state index contributed by atoms with van der Waals surface area (Å²) in [5.41, 5.74) is 9.79. The maximum Gasteiger partial charge on any atom is 0.248 e. The number of fused-ring (bicyclic) bond motifs is 1. The summed E-state index contributed by atoms with van der Waals surface area (Å²) in [4.78, 5) is 17.0. The van der Waals surface area contributed by atoms with E-state index in [1.165, 1.54) is 34.9 Å². The third-order valence-electron chi connectivity index (χ3n) is 5.29. The topological polar surface area (TPSA) is 62.1 Å². The molecule has 1 amide bonds. The molecule has 1 saturated heterocycles. The lowest BCUT2D eigenvalue weighted by molar-refractivity contribution is 0.100. The molecule has 128 valence electrons. The number of nitrogens with one attached hydrogen (secondary N) is 1. The fourth-order valence-electron chi connectivity index (χ4n) is 3.87. The Labute approximate surface area is 147 Å². The van der Waals surface area contributed by atoms with Crippen molar-refractivity contribution in [2.45, 2.75) is 25.3 Å². The standard InChI is InChI=1S/C21H23N3O/c22-21(25)17-7-5-15(6-8-17)14-24-11-9-16(10-12-24)19-13-23-20-4-2-1-3-18(19)20/h1-8,13,16,23H,9-12,14H2,(H2,22,25). The molecule has 25 heavy (non-hydrogen) atoms. The summed E-state index contributed by atoms with van der Waals surface area (Å²) in [5.74, 6) is 0.260. The van der Waals surface area contributed by atoms with Gasteiger partial charge in [0.15, 0.2) is 0 Å². The molecule has 1 aliphatic rings. The van der Waals surface area contributed by atoms with Crippen LogP contribution in [-0.2, 0) is 6.54 Å². The van der Waals surface area contributed by atoms with Crippen LogP contribution in [0.25, 0.3) is 10.9 Å². The Morgan fingerprint density at radius 2 is 1.80 bits per heavy atom. The van der Waals surface area contributed by atoms with Crippen molar-refractivity contribution in [2.75, 3.05) is 13.1 Å². The number of primary amides is 1. The molecule has 0 atom stereocenters. The predicted molar refractivity (Wildman–Crippen MR) is 101 cm³/mol. The molecular formula is C21H23N3O. The number of piperidine rings is 1. The first kappa shape index (κ1) is 15.9. The van der Waals surface area contributed by atoms with E-state index in [9.17, 15) is 4.79 Å². The maximum atomic E-state index is 11.2. The number of carbonyl (C=O) groups excluding carboxylic acids is 1. The van der Waals surface area contributed by atoms with Crippen LogP contribution < -0.4 is 5.73 Å². The van der Waals surface area contributed by atoms with E-state index in [1.807, 2.05) is 24.3 Å². The molecule has 3 N–H and O–H groups in total. The lowest BCUT2D eigenvalue weighted by Crippen LogP contribution is -2.32. The van der Waals surface area contributed by atoms with Crippen molar-refractivity contribution in [3.8, 4) is 0 Å². The molecule has 2 heterocycles. The van der Waals surface area contributed by atoms with Crippen molar-refractivity contribution in [1.29, 1.82) is 0 Å². The quantitative estimate of drug-likeness (QED) is 0.765. The number of aromatic nitrogens is 1. The molecule has 1 aromatic heterocycles. The van der Waals surface area contributed by atoms with Gasteiger partial charge in [-0.2, -0.15) is 0 Å². The Hall–Kier alpha value is -2.59. The average Bonchev–Trinajstić information content (AvgIpc) is 3.07. The Kier molecular flexibility index (Phi) is 4.28. The van der Waals surface area contributed by atoms with Crippen molar-refractivity contribution in [1.82, 2.24) is 9.88 Å². The Morgan fingerprint density at radius 1 is 1.08 bits per heavy atom. The third kappa shape index (κ3) is 3.30. The molecule has 0 saturated carbocycles. The van der Waals surface area contributed by atoms with E-state index in [0.29, 0.717) is 11.5 Å². The number of nitrogens with zero attached hydrogens (tertiary/aromatic N) is 1. The summed E-state index contributed by atoms with van der Waals surface area (Å²) >= 11 is 0. The highest BCUT2D eigenvalue weighted by Gasteiger charge is 2.22. The fourth-order valence-corrected chi connectivity index (χ4v) is 3.87. The molecule has 0 radical (unpaired) electrons. The van der Waals surface area contributed by atoms with Crippen molar-refractivity contribution in [3.05, 3.63) is 71.4 Å². The van der Waals surface area contributed by atoms with Crippen LogP contribution in [0.1, 0.15) is 40.2 Å². The number of nitrogens with two attached hydrogens (primary N) is 1. The summed E-state index contributed by atoms with van der Waals surface area (Å²) in [6, 6.07) is 16.2. The summed E-state index contributed by atoms with van der Waals surface area (Å²) in [6.07, 6.45) is 4.55. The van der Waals surface area contributed by atoms with E-state index >= 15 is 0 Å². The number of H-pyrrole nitrogens is 1. The largest absolute Gasteiger partial charge is 0.366 e. The lowest BCUT2D eigenvalue weighted by Gasteiger charge is -2.32. The summed E-state index contributed by atoms with van der Waals surface area (Å²) in [5, 5.41) is 1.36. The minimum Gasteiger partial charge on any atom is -0.366 e. The van der Waals surface area contributed by atoms with E-state index in [4.69, 9.17) is 5.73 Å². The number of likely N-dealkylation sites (tertiary alicyclic amines) is 1. The van der Waals surface area contributed by atoms with Gasteiger partial charge in [0.1, 0.15) is 0 Å². The Balaban J connectivity index is 1.39. The number of amides is 1. The van der Waals surface area contributed by atoms with Crippen LogP contribution in [0, 0.1) is 0 Å². The van der Waals surface area contributed by atoms with E-state index in [2.05, 4.69) is 40.3 Å². The van der Waals surface area contributed by atoms with Gasteiger partial charge in [-0.1, -0.05) is 30.3 Å². The molecular weight excluding hydrogens is 310 g/mol. The Morgan fingerprint density at radius 3 is 2.52 bits per heavy atom. The van der Waals surface area contributed by atoms with Crippen LogP contribution >= 0.6 is 0 Å². The van der Waals surface area contributed by atoms with Gasteiger partial charge >= 0.3 is 0 Å². The van der Waals surface area contributed by atoms with Crippen molar-refractivity contribution < 1.29 is 4.79 Å². The molecule has 4 heteroatoms. The first-order valence-electron chi connectivity index (χ1n) is 8.88. The molecule has 0 bridgehead atoms. The molecule has 4 nitrogen and oxygen atoms in total. The van der Waals surface area contributed by atoms with Gasteiger partial charge in [-0.3, -0.25) is 9.69 Å². The first-order valence-corrected chi connectivity index (χ1v) is 8.88. The van der Waals surface area contributed by atoms with Crippen LogP contribution in [0.15, 0.2) is 54.7 Å². The van der Waals surface area contributed by atoms with E-state index in [0.717, 1.165) is 19.6 Å². The summed E-state index contributed by atoms with van der Waals surface area (Å²) in [7, 11) is 0. The zero-order valence-corrected chi connectivity index (χ0v) is 14.2. The van der Waals surface area contributed by atoms with E-state index < -0.39 is 0 Å². The second kappa shape index (κ2) is 6.73. The number of aromatic amines is 1. The number of rotatable bonds is 4. The second-order valence-electron chi connectivity index (χ2n) is 6.90. The van der Waals surface area contributed by atoms with Gasteiger partial charge in [0, 0.05) is 29.2 Å². The molecule has 0 aliphatic carbocycles. The van der Waals surface area contributed by atoms with Crippen LogP contribution in [0.5, 0.6) is 0 Å². The van der Waals surface area contributed by atoms with Crippen LogP contribution in [0.4, 0.5) is 0 Å². The minimum absolute atomic E-state index is 0.369. The highest BCUT2D eigenvalue weighted by atomic mass is 16.1. The third-order valence-corrected chi connectivity index (χ3v) is 5.29. The van der Waals surface area contributed by atoms with Gasteiger partial charge < -0.3 is 10.7 Å². The molecule has 2 aromatic carbocycles. The molecule has 1 fully saturated rings. The predicted octanol–water partition coefficient (Wildman–Crippen LogP) is 3.65. The van der Waals surface area contributed by atoms with Crippen LogP contribution in [0.2, 0.25) is 0 Å². The first-order chi connectivity index (χ1) is 12.2. The lowest BCUT2D eigenvalue weighted by atomic mass is 9.89. The zero-order chi connectivity index (χ0) is 17.2. The maximum absolute atomic E-state index is 11.2. The van der Waals surface area contributed by atoms with Crippen molar-refractivity contribution >= 4 is 16.8 Å². The minimum atomic E-state index is -0.369. The van der Waals surface area contributed by atoms with Gasteiger partial charge in [0.2, 0.25) is 5.91 Å². The van der Waals surface area contributed by atoms with E-state index in [-0.39, 0.29) is 5.91 Å². The van der Waals surface area contributed by atoms with Crippen molar-refractivity contribution in [3.63, 3.8) is 0 Å². The number of hydrogen-bond acceptors (Lipinski definition) is 2. The van der Waals surface area contributed by atoms with Gasteiger partial charge in [0.25, 0.3) is 0 Å². The van der Waals surface area contributed by atoms with Gasteiger partial charge in [0.05, 0.1) is 0 Å². The number of benzene rings is 2. The normalized spacial score (nSPS) is 16.3. The number of para-hydroxylation sites is 1. The summed E-state index contributed by atoms with van der Waals surface area (Å²) < 4.78 is 0. The molecule has 0 unspecified atom stereocenters. The van der Waals surface area contributed by atoms with Crippen molar-refractivity contribution in [2.24, 2.45) is 5.73 Å². The summed E-state index contributed by atoms with van der Waals surface area (Å²) in [6.45, 7) is 3.13. The average molecular weight is 333 g/mol. The number of carbonyl (C=O) groups is 1. The number of hydrogen-bond donors (Lipinski definition) is 2. The Bertz CT molecular complexity index is 874. The zero-order valence-electron chi connectivity index (χ0n) is 14.2. The highest BCUT2D eigenvalue weighted by Crippen LogP contribution is 2.33. The monoisotopic (exact) mass is 333 g/mol. The van der Waals surface area contributed by atoms with Gasteiger partial charge in [-0.05, 0) is 61.2 Å². The van der Waals surface area contributed by atoms with Gasteiger partial charge in [-0.25, -0.2) is 0 Å². The highest BCUT2D eigenvalue weighted by molar-refractivity contribution is 5.92. The second-order valence-corrected chi connectivity index (χ2v) is 6.90. The van der Waals surface area contributed by atoms with Gasteiger partial charge in [-0.15, -0.1) is 0 Å². The molecule has 3 aromatic rings.